The van der Waals surface area contributed by atoms with Crippen LogP contribution in [0, 0.1) is 5.92 Å². The summed E-state index contributed by atoms with van der Waals surface area (Å²) in [5.41, 5.74) is 1.29. The summed E-state index contributed by atoms with van der Waals surface area (Å²) in [6.07, 6.45) is 10.7. The van der Waals surface area contributed by atoms with Crippen molar-refractivity contribution in [3.63, 3.8) is 0 Å². The van der Waals surface area contributed by atoms with Gasteiger partial charge in [-0.1, -0.05) is 32.3 Å². The first-order chi connectivity index (χ1) is 7.90. The van der Waals surface area contributed by atoms with Crippen LogP contribution in [-0.2, 0) is 6.54 Å². The van der Waals surface area contributed by atoms with Gasteiger partial charge in [0.25, 0.3) is 0 Å². The second-order valence-electron chi connectivity index (χ2n) is 4.80. The van der Waals surface area contributed by atoms with E-state index in [1.807, 2.05) is 18.5 Å². The van der Waals surface area contributed by atoms with Crippen molar-refractivity contribution < 1.29 is 0 Å². The fourth-order valence-electron chi connectivity index (χ4n) is 2.72. The first-order valence-electron chi connectivity index (χ1n) is 6.52. The zero-order chi connectivity index (χ0) is 11.2. The number of aromatic nitrogens is 1. The summed E-state index contributed by atoms with van der Waals surface area (Å²) >= 11 is 0. The fourth-order valence-corrected chi connectivity index (χ4v) is 2.72. The number of hydrogen-bond acceptors (Lipinski definition) is 2. The zero-order valence-electron chi connectivity index (χ0n) is 10.2. The lowest BCUT2D eigenvalue weighted by Crippen LogP contribution is -2.37. The Morgan fingerprint density at radius 1 is 1.38 bits per heavy atom. The van der Waals surface area contributed by atoms with E-state index in [9.17, 15) is 0 Å². The van der Waals surface area contributed by atoms with E-state index in [0.29, 0.717) is 0 Å². The molecule has 0 saturated heterocycles. The van der Waals surface area contributed by atoms with Crippen molar-refractivity contribution in [1.29, 1.82) is 0 Å². The van der Waals surface area contributed by atoms with Crippen LogP contribution in [-0.4, -0.2) is 11.0 Å². The van der Waals surface area contributed by atoms with Crippen molar-refractivity contribution in [1.82, 2.24) is 10.3 Å². The van der Waals surface area contributed by atoms with Crippen LogP contribution in [0.1, 0.15) is 44.6 Å². The normalized spacial score (nSPS) is 25.6. The van der Waals surface area contributed by atoms with Crippen LogP contribution in [0.25, 0.3) is 0 Å². The van der Waals surface area contributed by atoms with E-state index in [2.05, 4.69) is 23.3 Å². The predicted molar refractivity (Wildman–Crippen MR) is 67.1 cm³/mol. The van der Waals surface area contributed by atoms with Crippen molar-refractivity contribution in [2.75, 3.05) is 0 Å². The largest absolute Gasteiger partial charge is 0.310 e. The van der Waals surface area contributed by atoms with Crippen LogP contribution in [0.5, 0.6) is 0 Å². The third-order valence-corrected chi connectivity index (χ3v) is 3.72. The number of pyridine rings is 1. The van der Waals surface area contributed by atoms with Gasteiger partial charge in [0.15, 0.2) is 0 Å². The number of nitrogens with one attached hydrogen (secondary N) is 1. The minimum absolute atomic E-state index is 0.721. The van der Waals surface area contributed by atoms with Crippen LogP contribution in [0.4, 0.5) is 0 Å². The highest BCUT2D eigenvalue weighted by atomic mass is 14.9. The third-order valence-electron chi connectivity index (χ3n) is 3.72. The Balaban J connectivity index is 1.84. The van der Waals surface area contributed by atoms with E-state index in [4.69, 9.17) is 0 Å². The molecule has 1 aliphatic rings. The zero-order valence-corrected chi connectivity index (χ0v) is 10.2. The molecule has 16 heavy (non-hydrogen) atoms. The van der Waals surface area contributed by atoms with Gasteiger partial charge in [-0.25, -0.2) is 0 Å². The topological polar surface area (TPSA) is 24.9 Å². The lowest BCUT2D eigenvalue weighted by atomic mass is 9.83. The fraction of sp³-hybridized carbons (Fsp3) is 0.643. The van der Waals surface area contributed by atoms with Crippen LogP contribution < -0.4 is 5.32 Å². The predicted octanol–water partition coefficient (Wildman–Crippen LogP) is 3.14. The minimum atomic E-state index is 0.721. The maximum absolute atomic E-state index is 4.15. The molecule has 88 valence electrons. The second-order valence-corrected chi connectivity index (χ2v) is 4.80. The van der Waals surface area contributed by atoms with Gasteiger partial charge in [-0.15, -0.1) is 0 Å². The van der Waals surface area contributed by atoms with Crippen molar-refractivity contribution in [3.05, 3.63) is 30.1 Å². The standard InChI is InChI=1S/C14H22N2/c1-2-13-7-3-4-8-14(13)16-11-12-6-5-9-15-10-12/h5-6,9-10,13-14,16H,2-4,7-8,11H2,1H3. The maximum atomic E-state index is 4.15. The first-order valence-corrected chi connectivity index (χ1v) is 6.52. The Morgan fingerprint density at radius 2 is 2.25 bits per heavy atom. The SMILES string of the molecule is CCC1CCCCC1NCc1cccnc1. The summed E-state index contributed by atoms with van der Waals surface area (Å²) in [4.78, 5) is 4.15. The van der Waals surface area contributed by atoms with E-state index in [-0.39, 0.29) is 0 Å². The van der Waals surface area contributed by atoms with Gasteiger partial charge in [0.2, 0.25) is 0 Å². The Kier molecular flexibility index (Phi) is 4.34. The van der Waals surface area contributed by atoms with Crippen LogP contribution in [0.15, 0.2) is 24.5 Å². The molecule has 0 bridgehead atoms. The molecule has 1 saturated carbocycles. The molecule has 1 aromatic rings. The minimum Gasteiger partial charge on any atom is -0.310 e. The quantitative estimate of drug-likeness (QED) is 0.839. The van der Waals surface area contributed by atoms with Gasteiger partial charge in [0.05, 0.1) is 0 Å². The molecular formula is C14H22N2. The molecule has 0 amide bonds. The molecule has 2 unspecified atom stereocenters. The van der Waals surface area contributed by atoms with Gasteiger partial charge < -0.3 is 5.32 Å². The molecule has 1 aliphatic carbocycles. The van der Waals surface area contributed by atoms with Crippen LogP contribution in [0.3, 0.4) is 0 Å². The Morgan fingerprint density at radius 3 is 3.00 bits per heavy atom. The highest BCUT2D eigenvalue weighted by Gasteiger charge is 2.22. The molecule has 2 atom stereocenters. The summed E-state index contributed by atoms with van der Waals surface area (Å²) in [5, 5.41) is 3.70. The van der Waals surface area contributed by atoms with E-state index >= 15 is 0 Å². The van der Waals surface area contributed by atoms with Crippen molar-refractivity contribution >= 4 is 0 Å². The molecule has 1 aromatic heterocycles. The first kappa shape index (κ1) is 11.6. The van der Waals surface area contributed by atoms with Gasteiger partial charge >= 0.3 is 0 Å². The van der Waals surface area contributed by atoms with E-state index in [1.54, 1.807) is 0 Å². The van der Waals surface area contributed by atoms with Crippen molar-refractivity contribution in [2.24, 2.45) is 5.92 Å². The molecule has 0 radical (unpaired) electrons. The summed E-state index contributed by atoms with van der Waals surface area (Å²) in [6.45, 7) is 3.28. The van der Waals surface area contributed by atoms with Crippen LogP contribution in [0.2, 0.25) is 0 Å². The number of hydrogen-bond donors (Lipinski definition) is 1. The molecule has 2 heteroatoms. The number of rotatable bonds is 4. The molecule has 0 spiro atoms. The van der Waals surface area contributed by atoms with E-state index < -0.39 is 0 Å². The molecule has 1 N–H and O–H groups in total. The average Bonchev–Trinajstić information content (AvgIpc) is 2.38. The molecule has 2 nitrogen and oxygen atoms in total. The molecule has 1 heterocycles. The summed E-state index contributed by atoms with van der Waals surface area (Å²) in [5.74, 6) is 0.880. The highest BCUT2D eigenvalue weighted by Crippen LogP contribution is 2.26. The van der Waals surface area contributed by atoms with E-state index in [1.165, 1.54) is 37.7 Å². The average molecular weight is 218 g/mol. The van der Waals surface area contributed by atoms with Gasteiger partial charge in [0, 0.05) is 25.0 Å². The number of nitrogens with zero attached hydrogens (tertiary/aromatic N) is 1. The molecule has 2 rings (SSSR count). The van der Waals surface area contributed by atoms with Gasteiger partial charge in [-0.05, 0) is 30.4 Å². The summed E-state index contributed by atoms with van der Waals surface area (Å²) in [7, 11) is 0. The third kappa shape index (κ3) is 3.05. The highest BCUT2D eigenvalue weighted by molar-refractivity contribution is 5.08. The van der Waals surface area contributed by atoms with Gasteiger partial charge in [-0.2, -0.15) is 0 Å². The van der Waals surface area contributed by atoms with Crippen molar-refractivity contribution in [2.45, 2.75) is 51.6 Å². The Labute approximate surface area is 98.5 Å². The van der Waals surface area contributed by atoms with Gasteiger partial charge in [0.1, 0.15) is 0 Å². The van der Waals surface area contributed by atoms with Gasteiger partial charge in [-0.3, -0.25) is 4.98 Å². The molecule has 1 fully saturated rings. The van der Waals surface area contributed by atoms with Crippen LogP contribution >= 0.6 is 0 Å². The summed E-state index contributed by atoms with van der Waals surface area (Å²) in [6, 6.07) is 4.87. The summed E-state index contributed by atoms with van der Waals surface area (Å²) < 4.78 is 0. The monoisotopic (exact) mass is 218 g/mol. The maximum Gasteiger partial charge on any atom is 0.0312 e. The van der Waals surface area contributed by atoms with Crippen molar-refractivity contribution in [3.8, 4) is 0 Å². The van der Waals surface area contributed by atoms with E-state index in [0.717, 1.165) is 18.5 Å². The molecule has 0 aromatic carbocycles. The second kappa shape index (κ2) is 6.00. The Bertz CT molecular complexity index is 297. The lowest BCUT2D eigenvalue weighted by Gasteiger charge is -2.31. The lowest BCUT2D eigenvalue weighted by molar-refractivity contribution is 0.254. The smallest absolute Gasteiger partial charge is 0.0312 e. The Hall–Kier alpha value is -0.890. The molecular weight excluding hydrogens is 196 g/mol. The molecule has 0 aliphatic heterocycles.